The highest BCUT2D eigenvalue weighted by atomic mass is 32.1. The molecule has 0 aliphatic rings. The Morgan fingerprint density at radius 2 is 1.87 bits per heavy atom. The molecule has 8 heteroatoms. The maximum atomic E-state index is 11.4. The predicted molar refractivity (Wildman–Crippen MR) is 81.5 cm³/mol. The van der Waals surface area contributed by atoms with E-state index in [4.69, 9.17) is 14.6 Å². The van der Waals surface area contributed by atoms with Crippen LogP contribution in [0.3, 0.4) is 0 Å². The summed E-state index contributed by atoms with van der Waals surface area (Å²) in [6, 6.07) is 4.70. The van der Waals surface area contributed by atoms with Gasteiger partial charge in [-0.2, -0.15) is 0 Å². The molecule has 0 amide bonds. The standard InChI is InChI=1S/C15H13NO6S/c1-8(17)21-11-5-3-4-10(15(11)22-9(2)18)14-12(6-13(19)20)23-7-16-14/h3-5,7H,6H2,1-2H3,(H,19,20). The van der Waals surface area contributed by atoms with E-state index in [1.54, 1.807) is 12.1 Å². The number of rotatable bonds is 5. The first-order valence-corrected chi connectivity index (χ1v) is 7.40. The molecule has 0 bridgehead atoms. The number of esters is 2. The Bertz CT molecular complexity index is 767. The van der Waals surface area contributed by atoms with Gasteiger partial charge in [0, 0.05) is 24.3 Å². The van der Waals surface area contributed by atoms with E-state index in [2.05, 4.69) is 4.98 Å². The highest BCUT2D eigenvalue weighted by Gasteiger charge is 2.21. The van der Waals surface area contributed by atoms with Crippen LogP contribution in [0.2, 0.25) is 0 Å². The number of thiazole rings is 1. The van der Waals surface area contributed by atoms with Gasteiger partial charge in [-0.3, -0.25) is 14.4 Å². The maximum Gasteiger partial charge on any atom is 0.308 e. The van der Waals surface area contributed by atoms with Gasteiger partial charge in [0.25, 0.3) is 0 Å². The molecule has 1 N–H and O–H groups in total. The van der Waals surface area contributed by atoms with Crippen LogP contribution < -0.4 is 9.47 Å². The average Bonchev–Trinajstić information content (AvgIpc) is 2.86. The van der Waals surface area contributed by atoms with E-state index >= 15 is 0 Å². The number of ether oxygens (including phenoxy) is 2. The van der Waals surface area contributed by atoms with Crippen LogP contribution in [0.4, 0.5) is 0 Å². The zero-order valence-corrected chi connectivity index (χ0v) is 13.2. The molecular formula is C15H13NO6S. The molecule has 2 rings (SSSR count). The van der Waals surface area contributed by atoms with E-state index in [9.17, 15) is 14.4 Å². The number of hydrogen-bond acceptors (Lipinski definition) is 7. The van der Waals surface area contributed by atoms with Crippen molar-refractivity contribution < 1.29 is 29.0 Å². The molecule has 0 spiro atoms. The molecule has 2 aromatic rings. The van der Waals surface area contributed by atoms with Gasteiger partial charge < -0.3 is 14.6 Å². The summed E-state index contributed by atoms with van der Waals surface area (Å²) in [6.45, 7) is 2.44. The fourth-order valence-corrected chi connectivity index (χ4v) is 2.71. The average molecular weight is 335 g/mol. The first kappa shape index (κ1) is 16.6. The zero-order chi connectivity index (χ0) is 17.0. The lowest BCUT2D eigenvalue weighted by atomic mass is 10.1. The second-order valence-electron chi connectivity index (χ2n) is 4.51. The number of carboxylic acid groups (broad SMARTS) is 1. The normalized spacial score (nSPS) is 10.2. The predicted octanol–water partition coefficient (Wildman–Crippen LogP) is 2.29. The Kier molecular flexibility index (Phi) is 5.07. The highest BCUT2D eigenvalue weighted by molar-refractivity contribution is 7.10. The van der Waals surface area contributed by atoms with Crippen LogP contribution in [0.5, 0.6) is 11.5 Å². The quantitative estimate of drug-likeness (QED) is 0.660. The summed E-state index contributed by atoms with van der Waals surface area (Å²) in [5.74, 6) is -2.06. The fourth-order valence-electron chi connectivity index (χ4n) is 1.94. The monoisotopic (exact) mass is 335 g/mol. The van der Waals surface area contributed by atoms with Crippen LogP contribution in [-0.4, -0.2) is 28.0 Å². The molecule has 0 aliphatic heterocycles. The Balaban J connectivity index is 2.57. The highest BCUT2D eigenvalue weighted by Crippen LogP contribution is 2.40. The lowest BCUT2D eigenvalue weighted by Crippen LogP contribution is -2.08. The summed E-state index contributed by atoms with van der Waals surface area (Å²) in [7, 11) is 0. The molecule has 0 unspecified atom stereocenters. The molecule has 0 aliphatic carbocycles. The summed E-state index contributed by atoms with van der Waals surface area (Å²) >= 11 is 1.18. The molecule has 1 aromatic carbocycles. The number of para-hydroxylation sites is 1. The number of carboxylic acids is 1. The fraction of sp³-hybridized carbons (Fsp3) is 0.200. The lowest BCUT2D eigenvalue weighted by Gasteiger charge is -2.12. The lowest BCUT2D eigenvalue weighted by molar-refractivity contribution is -0.136. The van der Waals surface area contributed by atoms with Crippen molar-refractivity contribution in [2.45, 2.75) is 20.3 Å². The van der Waals surface area contributed by atoms with Crippen LogP contribution in [-0.2, 0) is 20.8 Å². The molecule has 0 saturated carbocycles. The Morgan fingerprint density at radius 1 is 1.17 bits per heavy atom. The van der Waals surface area contributed by atoms with Gasteiger partial charge in [-0.15, -0.1) is 11.3 Å². The minimum Gasteiger partial charge on any atom is -0.481 e. The van der Waals surface area contributed by atoms with E-state index in [1.165, 1.54) is 36.8 Å². The van der Waals surface area contributed by atoms with Crippen LogP contribution in [0.15, 0.2) is 23.7 Å². The van der Waals surface area contributed by atoms with Crippen molar-refractivity contribution in [2.24, 2.45) is 0 Å². The number of nitrogens with zero attached hydrogens (tertiary/aromatic N) is 1. The molecule has 120 valence electrons. The van der Waals surface area contributed by atoms with Crippen LogP contribution in [0.25, 0.3) is 11.3 Å². The summed E-state index contributed by atoms with van der Waals surface area (Å²) in [5.41, 5.74) is 2.27. The molecule has 1 aromatic heterocycles. The first-order chi connectivity index (χ1) is 10.9. The van der Waals surface area contributed by atoms with Crippen molar-refractivity contribution in [2.75, 3.05) is 0 Å². The van der Waals surface area contributed by atoms with E-state index in [-0.39, 0.29) is 17.9 Å². The van der Waals surface area contributed by atoms with Gasteiger partial charge in [-0.05, 0) is 12.1 Å². The molecule has 1 heterocycles. The third kappa shape index (κ3) is 4.13. The van der Waals surface area contributed by atoms with Crippen molar-refractivity contribution in [1.29, 1.82) is 0 Å². The maximum absolute atomic E-state index is 11.4. The number of carbonyl (C=O) groups excluding carboxylic acids is 2. The molecule has 0 radical (unpaired) electrons. The molecule has 0 saturated heterocycles. The van der Waals surface area contributed by atoms with Crippen molar-refractivity contribution in [3.63, 3.8) is 0 Å². The summed E-state index contributed by atoms with van der Waals surface area (Å²) < 4.78 is 10.2. The molecule has 0 atom stereocenters. The van der Waals surface area contributed by atoms with Gasteiger partial charge in [0.05, 0.1) is 17.6 Å². The van der Waals surface area contributed by atoms with Gasteiger partial charge in [0.15, 0.2) is 11.5 Å². The third-order valence-electron chi connectivity index (χ3n) is 2.69. The van der Waals surface area contributed by atoms with E-state index in [1.807, 2.05) is 0 Å². The van der Waals surface area contributed by atoms with E-state index in [0.717, 1.165) is 0 Å². The van der Waals surface area contributed by atoms with Gasteiger partial charge in [0.2, 0.25) is 0 Å². The van der Waals surface area contributed by atoms with E-state index < -0.39 is 17.9 Å². The SMILES string of the molecule is CC(=O)Oc1cccc(-c2ncsc2CC(=O)O)c1OC(C)=O. The second-order valence-corrected chi connectivity index (χ2v) is 5.45. The summed E-state index contributed by atoms with van der Waals surface area (Å²) in [5, 5.41) is 8.97. The van der Waals surface area contributed by atoms with Crippen molar-refractivity contribution in [1.82, 2.24) is 4.98 Å². The van der Waals surface area contributed by atoms with Gasteiger partial charge >= 0.3 is 17.9 Å². The zero-order valence-electron chi connectivity index (χ0n) is 12.4. The largest absolute Gasteiger partial charge is 0.481 e. The second kappa shape index (κ2) is 7.01. The van der Waals surface area contributed by atoms with Crippen LogP contribution in [0, 0.1) is 0 Å². The molecule has 23 heavy (non-hydrogen) atoms. The Labute approximate surface area is 135 Å². The molecule has 7 nitrogen and oxygen atoms in total. The number of hydrogen-bond donors (Lipinski definition) is 1. The Hall–Kier alpha value is -2.74. The minimum absolute atomic E-state index is 0.0349. The number of aromatic nitrogens is 1. The molecular weight excluding hydrogens is 322 g/mol. The first-order valence-electron chi connectivity index (χ1n) is 6.53. The number of benzene rings is 1. The van der Waals surface area contributed by atoms with Crippen LogP contribution in [0.1, 0.15) is 18.7 Å². The van der Waals surface area contributed by atoms with Gasteiger partial charge in [-0.25, -0.2) is 4.98 Å². The summed E-state index contributed by atoms with van der Waals surface area (Å²) in [6.07, 6.45) is -0.211. The topological polar surface area (TPSA) is 103 Å². The molecule has 0 fully saturated rings. The summed E-state index contributed by atoms with van der Waals surface area (Å²) in [4.78, 5) is 38.2. The smallest absolute Gasteiger partial charge is 0.308 e. The number of aliphatic carboxylic acids is 1. The van der Waals surface area contributed by atoms with Gasteiger partial charge in [0.1, 0.15) is 0 Å². The number of carbonyl (C=O) groups is 3. The van der Waals surface area contributed by atoms with Crippen LogP contribution >= 0.6 is 11.3 Å². The van der Waals surface area contributed by atoms with Crippen molar-refractivity contribution in [3.05, 3.63) is 28.6 Å². The minimum atomic E-state index is -0.999. The van der Waals surface area contributed by atoms with E-state index in [0.29, 0.717) is 16.1 Å². The van der Waals surface area contributed by atoms with Gasteiger partial charge in [-0.1, -0.05) is 6.07 Å². The Morgan fingerprint density at radius 3 is 2.48 bits per heavy atom. The van der Waals surface area contributed by atoms with Crippen molar-refractivity contribution >= 4 is 29.2 Å². The van der Waals surface area contributed by atoms with Crippen molar-refractivity contribution in [3.8, 4) is 22.8 Å². The third-order valence-corrected chi connectivity index (χ3v) is 3.52.